The maximum absolute atomic E-state index is 12.3. The van der Waals surface area contributed by atoms with Crippen molar-refractivity contribution in [1.29, 1.82) is 0 Å². The van der Waals surface area contributed by atoms with Gasteiger partial charge in [0.05, 0.1) is 5.69 Å². The molecule has 2 aliphatic heterocycles. The maximum atomic E-state index is 12.3. The predicted octanol–water partition coefficient (Wildman–Crippen LogP) is 1.01. The van der Waals surface area contributed by atoms with Gasteiger partial charge in [-0.2, -0.15) is 0 Å². The van der Waals surface area contributed by atoms with E-state index in [9.17, 15) is 9.59 Å². The summed E-state index contributed by atoms with van der Waals surface area (Å²) in [7, 11) is 0. The van der Waals surface area contributed by atoms with Crippen LogP contribution in [0.1, 0.15) is 19.3 Å². The summed E-state index contributed by atoms with van der Waals surface area (Å²) in [5.41, 5.74) is 0.671. The summed E-state index contributed by atoms with van der Waals surface area (Å²) in [6.07, 6.45) is 3.81. The predicted molar refractivity (Wildman–Crippen MR) is 90.0 cm³/mol. The standard InChI is InChI=1S/C18H23N3O3/c22-17(19-9-13-7-8-20(10-13)14-5-6-14)11-21-15-3-1-2-4-16(15)24-12-18(21)23/h1-4,13-14H,5-12H2,(H,19,22)/t13-/m1/s1. The number of ether oxygens (including phenoxy) is 1. The Balaban J connectivity index is 1.30. The third kappa shape index (κ3) is 3.24. The lowest BCUT2D eigenvalue weighted by Crippen LogP contribution is -2.46. The Morgan fingerprint density at radius 1 is 1.25 bits per heavy atom. The molecule has 1 aromatic rings. The minimum absolute atomic E-state index is 0.0106. The highest BCUT2D eigenvalue weighted by Crippen LogP contribution is 2.32. The van der Waals surface area contributed by atoms with Crippen LogP contribution in [0.25, 0.3) is 0 Å². The van der Waals surface area contributed by atoms with Crippen molar-refractivity contribution < 1.29 is 14.3 Å². The largest absolute Gasteiger partial charge is 0.482 e. The first-order valence-corrected chi connectivity index (χ1v) is 8.73. The maximum Gasteiger partial charge on any atom is 0.265 e. The van der Waals surface area contributed by atoms with Gasteiger partial charge in [0.2, 0.25) is 5.91 Å². The Morgan fingerprint density at radius 3 is 2.92 bits per heavy atom. The van der Waals surface area contributed by atoms with E-state index in [1.165, 1.54) is 17.7 Å². The highest BCUT2D eigenvalue weighted by atomic mass is 16.5. The molecule has 3 aliphatic rings. The summed E-state index contributed by atoms with van der Waals surface area (Å²) in [6, 6.07) is 8.13. The van der Waals surface area contributed by atoms with E-state index in [0.29, 0.717) is 23.9 Å². The van der Waals surface area contributed by atoms with Gasteiger partial charge in [0.15, 0.2) is 6.61 Å². The molecule has 0 radical (unpaired) electrons. The first kappa shape index (κ1) is 15.4. The number of hydrogen-bond acceptors (Lipinski definition) is 4. The van der Waals surface area contributed by atoms with E-state index in [1.54, 1.807) is 0 Å². The number of nitrogens with zero attached hydrogens (tertiary/aromatic N) is 2. The number of fused-ring (bicyclic) bond motifs is 1. The molecule has 6 heteroatoms. The third-order valence-electron chi connectivity index (χ3n) is 5.08. The fourth-order valence-corrected chi connectivity index (χ4v) is 3.59. The van der Waals surface area contributed by atoms with E-state index < -0.39 is 0 Å². The van der Waals surface area contributed by atoms with Crippen LogP contribution in [0.3, 0.4) is 0 Å². The molecule has 2 fully saturated rings. The second-order valence-electron chi connectivity index (χ2n) is 6.92. The smallest absolute Gasteiger partial charge is 0.265 e. The van der Waals surface area contributed by atoms with Gasteiger partial charge in [-0.15, -0.1) is 0 Å². The fourth-order valence-electron chi connectivity index (χ4n) is 3.59. The van der Waals surface area contributed by atoms with Crippen LogP contribution in [0.4, 0.5) is 5.69 Å². The molecule has 6 nitrogen and oxygen atoms in total. The summed E-state index contributed by atoms with van der Waals surface area (Å²) in [4.78, 5) is 28.4. The molecule has 2 heterocycles. The number of hydrogen-bond donors (Lipinski definition) is 1. The zero-order valence-corrected chi connectivity index (χ0v) is 13.7. The molecule has 1 N–H and O–H groups in total. The van der Waals surface area contributed by atoms with Crippen molar-refractivity contribution in [3.8, 4) is 5.75 Å². The topological polar surface area (TPSA) is 61.9 Å². The number of carbonyl (C=O) groups is 2. The average molecular weight is 329 g/mol. The minimum atomic E-state index is -0.176. The number of rotatable bonds is 5. The summed E-state index contributed by atoms with van der Waals surface area (Å²) in [5, 5.41) is 3.00. The Labute approximate surface area is 141 Å². The zero-order chi connectivity index (χ0) is 16.5. The lowest BCUT2D eigenvalue weighted by Gasteiger charge is -2.28. The molecule has 0 bridgehead atoms. The van der Waals surface area contributed by atoms with Gasteiger partial charge in [-0.25, -0.2) is 0 Å². The molecule has 4 rings (SSSR count). The molecule has 24 heavy (non-hydrogen) atoms. The second kappa shape index (κ2) is 6.43. The van der Waals surface area contributed by atoms with Gasteiger partial charge < -0.3 is 15.0 Å². The molecule has 1 saturated carbocycles. The van der Waals surface area contributed by atoms with Crippen LogP contribution in [-0.2, 0) is 9.59 Å². The molecule has 2 amide bonds. The van der Waals surface area contributed by atoms with Crippen molar-refractivity contribution in [2.45, 2.75) is 25.3 Å². The van der Waals surface area contributed by atoms with Crippen LogP contribution in [0.15, 0.2) is 24.3 Å². The number of benzene rings is 1. The summed E-state index contributed by atoms with van der Waals surface area (Å²) in [5.74, 6) is 0.901. The SMILES string of the molecule is O=C(CN1C(=O)COc2ccccc21)NC[C@H]1CCN(C2CC2)C1. The molecule has 0 spiro atoms. The molecule has 1 aromatic carbocycles. The van der Waals surface area contributed by atoms with E-state index in [1.807, 2.05) is 24.3 Å². The van der Waals surface area contributed by atoms with E-state index in [4.69, 9.17) is 4.74 Å². The van der Waals surface area contributed by atoms with Gasteiger partial charge in [-0.05, 0) is 43.9 Å². The molecule has 1 saturated heterocycles. The van der Waals surface area contributed by atoms with Crippen molar-refractivity contribution in [2.75, 3.05) is 37.7 Å². The zero-order valence-electron chi connectivity index (χ0n) is 13.7. The summed E-state index contributed by atoms with van der Waals surface area (Å²) >= 11 is 0. The van der Waals surface area contributed by atoms with E-state index in [2.05, 4.69) is 10.2 Å². The third-order valence-corrected chi connectivity index (χ3v) is 5.08. The van der Waals surface area contributed by atoms with Crippen LogP contribution in [0.2, 0.25) is 0 Å². The van der Waals surface area contributed by atoms with Crippen LogP contribution < -0.4 is 15.0 Å². The van der Waals surface area contributed by atoms with Gasteiger partial charge in [0, 0.05) is 19.1 Å². The Morgan fingerprint density at radius 2 is 2.08 bits per heavy atom. The van der Waals surface area contributed by atoms with Gasteiger partial charge in [-0.3, -0.25) is 14.5 Å². The van der Waals surface area contributed by atoms with Gasteiger partial charge >= 0.3 is 0 Å². The molecule has 1 atom stereocenters. The van der Waals surface area contributed by atoms with Crippen molar-refractivity contribution in [2.24, 2.45) is 5.92 Å². The first-order valence-electron chi connectivity index (χ1n) is 8.73. The van der Waals surface area contributed by atoms with Crippen LogP contribution in [0, 0.1) is 5.92 Å². The monoisotopic (exact) mass is 329 g/mol. The first-order chi connectivity index (χ1) is 11.7. The van der Waals surface area contributed by atoms with Crippen LogP contribution in [0.5, 0.6) is 5.75 Å². The van der Waals surface area contributed by atoms with E-state index in [0.717, 1.165) is 25.6 Å². The van der Waals surface area contributed by atoms with Crippen molar-refractivity contribution in [3.63, 3.8) is 0 Å². The molecule has 128 valence electrons. The number of likely N-dealkylation sites (tertiary alicyclic amines) is 1. The Bertz CT molecular complexity index is 644. The highest BCUT2D eigenvalue weighted by molar-refractivity contribution is 6.02. The lowest BCUT2D eigenvalue weighted by molar-refractivity contribution is -0.125. The van der Waals surface area contributed by atoms with Crippen LogP contribution >= 0.6 is 0 Å². The van der Waals surface area contributed by atoms with Crippen molar-refractivity contribution >= 4 is 17.5 Å². The van der Waals surface area contributed by atoms with Crippen molar-refractivity contribution in [1.82, 2.24) is 10.2 Å². The minimum Gasteiger partial charge on any atom is -0.482 e. The fraction of sp³-hybridized carbons (Fsp3) is 0.556. The molecule has 0 aromatic heterocycles. The number of nitrogens with one attached hydrogen (secondary N) is 1. The average Bonchev–Trinajstić information content (AvgIpc) is 3.34. The molecule has 0 unspecified atom stereocenters. The van der Waals surface area contributed by atoms with Crippen molar-refractivity contribution in [3.05, 3.63) is 24.3 Å². The van der Waals surface area contributed by atoms with E-state index >= 15 is 0 Å². The summed E-state index contributed by atoms with van der Waals surface area (Å²) in [6.45, 7) is 2.98. The number of carbonyl (C=O) groups excluding carboxylic acids is 2. The highest BCUT2D eigenvalue weighted by Gasteiger charge is 2.34. The van der Waals surface area contributed by atoms with Gasteiger partial charge in [0.1, 0.15) is 12.3 Å². The number of para-hydroxylation sites is 2. The number of amides is 2. The van der Waals surface area contributed by atoms with Gasteiger partial charge in [0.25, 0.3) is 5.91 Å². The molecular weight excluding hydrogens is 306 g/mol. The van der Waals surface area contributed by atoms with E-state index in [-0.39, 0.29) is 25.0 Å². The van der Waals surface area contributed by atoms with Gasteiger partial charge in [-0.1, -0.05) is 12.1 Å². The number of anilines is 1. The molecule has 1 aliphatic carbocycles. The Kier molecular flexibility index (Phi) is 4.14. The lowest BCUT2D eigenvalue weighted by atomic mass is 10.1. The quantitative estimate of drug-likeness (QED) is 0.876. The summed E-state index contributed by atoms with van der Waals surface area (Å²) < 4.78 is 5.40. The van der Waals surface area contributed by atoms with Crippen LogP contribution in [-0.4, -0.2) is 55.5 Å². The normalized spacial score (nSPS) is 23.8. The molecular formula is C18H23N3O3. The Hall–Kier alpha value is -2.08. The second-order valence-corrected chi connectivity index (χ2v) is 6.92.